The summed E-state index contributed by atoms with van der Waals surface area (Å²) in [5, 5.41) is 23.5. The Morgan fingerprint density at radius 3 is 2.45 bits per heavy atom. The Hall–Kier alpha value is -2.58. The van der Waals surface area contributed by atoms with Gasteiger partial charge in [0.15, 0.2) is 5.82 Å². The lowest BCUT2D eigenvalue weighted by Crippen LogP contribution is -2.50. The Balaban J connectivity index is 1.56. The lowest BCUT2D eigenvalue weighted by Gasteiger charge is -2.45. The zero-order valence-corrected chi connectivity index (χ0v) is 17.0. The average Bonchev–Trinajstić information content (AvgIpc) is 2.73. The fraction of sp³-hybridized carbons (Fsp3) is 0.500. The highest BCUT2D eigenvalue weighted by atomic mass is 16.5. The van der Waals surface area contributed by atoms with Crippen molar-refractivity contribution in [1.82, 2.24) is 10.2 Å². The number of aromatic hydroxyl groups is 1. The number of aromatic nitrogens is 2. The number of phenols is 1. The third-order valence-electron chi connectivity index (χ3n) is 7.20. The van der Waals surface area contributed by atoms with E-state index in [0.717, 1.165) is 29.9 Å². The molecular formula is C24H27N3O2. The van der Waals surface area contributed by atoms with Crippen molar-refractivity contribution in [1.29, 1.82) is 0 Å². The van der Waals surface area contributed by atoms with Crippen LogP contribution >= 0.6 is 0 Å². The number of anilines is 1. The molecule has 2 saturated carbocycles. The minimum absolute atomic E-state index is 0.0331. The maximum absolute atomic E-state index is 10.6. The van der Waals surface area contributed by atoms with Crippen LogP contribution in [0.2, 0.25) is 0 Å². The third-order valence-corrected chi connectivity index (χ3v) is 7.20. The van der Waals surface area contributed by atoms with E-state index in [1.54, 1.807) is 13.2 Å². The summed E-state index contributed by atoms with van der Waals surface area (Å²) >= 11 is 0. The van der Waals surface area contributed by atoms with Crippen molar-refractivity contribution in [3.8, 4) is 29.4 Å². The van der Waals surface area contributed by atoms with E-state index in [-0.39, 0.29) is 11.4 Å². The van der Waals surface area contributed by atoms with Crippen LogP contribution in [0.1, 0.15) is 74.0 Å². The zero-order valence-electron chi connectivity index (χ0n) is 17.0. The molecule has 4 aliphatic rings. The molecule has 0 radical (unpaired) electrons. The van der Waals surface area contributed by atoms with Gasteiger partial charge in [-0.1, -0.05) is 5.92 Å². The molecule has 150 valence electrons. The minimum Gasteiger partial charge on any atom is -0.507 e. The van der Waals surface area contributed by atoms with Gasteiger partial charge < -0.3 is 15.2 Å². The van der Waals surface area contributed by atoms with Gasteiger partial charge in [0.1, 0.15) is 11.4 Å². The van der Waals surface area contributed by atoms with Gasteiger partial charge in [0.25, 0.3) is 0 Å². The number of terminal acetylenes is 1. The Morgan fingerprint density at radius 2 is 1.83 bits per heavy atom. The Bertz CT molecular complexity index is 996. The number of nitrogens with one attached hydrogen (secondary N) is 1. The summed E-state index contributed by atoms with van der Waals surface area (Å²) in [4.78, 5) is 0. The van der Waals surface area contributed by atoms with Crippen LogP contribution in [0.5, 0.6) is 5.75 Å². The van der Waals surface area contributed by atoms with Gasteiger partial charge in [-0.3, -0.25) is 0 Å². The minimum atomic E-state index is -0.0331. The van der Waals surface area contributed by atoms with E-state index in [4.69, 9.17) is 11.2 Å². The van der Waals surface area contributed by atoms with E-state index in [1.807, 2.05) is 12.1 Å². The van der Waals surface area contributed by atoms with Gasteiger partial charge in [0, 0.05) is 29.8 Å². The van der Waals surface area contributed by atoms with Gasteiger partial charge >= 0.3 is 0 Å². The van der Waals surface area contributed by atoms with Crippen molar-refractivity contribution < 1.29 is 9.84 Å². The summed E-state index contributed by atoms with van der Waals surface area (Å²) in [6.07, 6.45) is 12.2. The van der Waals surface area contributed by atoms with Crippen LogP contribution in [0, 0.1) is 12.3 Å². The molecule has 1 aromatic heterocycles. The van der Waals surface area contributed by atoms with Crippen molar-refractivity contribution in [3.63, 3.8) is 0 Å². The Labute approximate surface area is 171 Å². The molecule has 0 saturated heterocycles. The topological polar surface area (TPSA) is 67.3 Å². The molecule has 2 N–H and O–H groups in total. The molecule has 2 aromatic rings. The normalized spacial score (nSPS) is 29.6. The first-order chi connectivity index (χ1) is 14.0. The molecule has 1 aromatic carbocycles. The number of hydrogen-bond donors (Lipinski definition) is 2. The summed E-state index contributed by atoms with van der Waals surface area (Å²) in [5.74, 6) is 4.69. The van der Waals surface area contributed by atoms with Crippen molar-refractivity contribution in [2.24, 2.45) is 0 Å². The molecular weight excluding hydrogens is 362 g/mol. The highest BCUT2D eigenvalue weighted by Crippen LogP contribution is 2.54. The van der Waals surface area contributed by atoms with Gasteiger partial charge in [-0.2, -0.15) is 0 Å². The van der Waals surface area contributed by atoms with Crippen LogP contribution < -0.4 is 5.32 Å². The molecule has 5 heteroatoms. The molecule has 2 bridgehead atoms. The van der Waals surface area contributed by atoms with Crippen LogP contribution in [-0.4, -0.2) is 34.1 Å². The monoisotopic (exact) mass is 389 g/mol. The molecule has 0 unspecified atom stereocenters. The first-order valence-electron chi connectivity index (χ1n) is 10.5. The van der Waals surface area contributed by atoms with E-state index in [2.05, 4.69) is 28.4 Å². The number of fused-ring (bicyclic) bond motifs is 2. The molecule has 0 amide bonds. The van der Waals surface area contributed by atoms with Crippen LogP contribution in [0.4, 0.5) is 5.82 Å². The molecule has 1 heterocycles. The second-order valence-corrected chi connectivity index (χ2v) is 9.05. The van der Waals surface area contributed by atoms with E-state index in [1.165, 1.54) is 36.8 Å². The number of benzene rings is 1. The SMILES string of the molecule is C#Cc1ccc(-c2nnc(NC3CC(C)(OC)C3)c3c2C2CCC3CC2)c(O)c1. The molecule has 29 heavy (non-hydrogen) atoms. The lowest BCUT2D eigenvalue weighted by atomic mass is 9.66. The molecule has 6 rings (SSSR count). The van der Waals surface area contributed by atoms with Gasteiger partial charge in [0.2, 0.25) is 0 Å². The number of ether oxygens (including phenoxy) is 1. The van der Waals surface area contributed by atoms with Crippen molar-refractivity contribution >= 4 is 5.82 Å². The second-order valence-electron chi connectivity index (χ2n) is 9.05. The van der Waals surface area contributed by atoms with Gasteiger partial charge in [-0.15, -0.1) is 16.6 Å². The first-order valence-corrected chi connectivity index (χ1v) is 10.5. The average molecular weight is 389 g/mol. The molecule has 0 aliphatic heterocycles. The van der Waals surface area contributed by atoms with Crippen LogP contribution in [0.3, 0.4) is 0 Å². The summed E-state index contributed by atoms with van der Waals surface area (Å²) in [6, 6.07) is 5.74. The van der Waals surface area contributed by atoms with E-state index in [0.29, 0.717) is 23.4 Å². The molecule has 2 fully saturated rings. The number of rotatable bonds is 4. The maximum Gasteiger partial charge on any atom is 0.152 e. The maximum atomic E-state index is 10.6. The van der Waals surface area contributed by atoms with E-state index >= 15 is 0 Å². The Kier molecular flexibility index (Phi) is 4.29. The van der Waals surface area contributed by atoms with Crippen LogP contribution in [-0.2, 0) is 4.74 Å². The first kappa shape index (κ1) is 18.4. The fourth-order valence-corrected chi connectivity index (χ4v) is 5.53. The van der Waals surface area contributed by atoms with Crippen LogP contribution in [0.15, 0.2) is 18.2 Å². The number of nitrogens with zero attached hydrogens (tertiary/aromatic N) is 2. The number of hydrogen-bond acceptors (Lipinski definition) is 5. The predicted molar refractivity (Wildman–Crippen MR) is 113 cm³/mol. The lowest BCUT2D eigenvalue weighted by molar-refractivity contribution is -0.0626. The summed E-state index contributed by atoms with van der Waals surface area (Å²) in [7, 11) is 1.78. The summed E-state index contributed by atoms with van der Waals surface area (Å²) in [6.45, 7) is 2.15. The van der Waals surface area contributed by atoms with E-state index < -0.39 is 0 Å². The van der Waals surface area contributed by atoms with Crippen molar-refractivity contribution in [2.45, 2.75) is 68.9 Å². The molecule has 0 atom stereocenters. The van der Waals surface area contributed by atoms with E-state index in [9.17, 15) is 5.11 Å². The third kappa shape index (κ3) is 2.98. The molecule has 0 spiro atoms. The second kappa shape index (κ2) is 6.74. The largest absolute Gasteiger partial charge is 0.507 e. The molecule has 4 aliphatic carbocycles. The van der Waals surface area contributed by atoms with Gasteiger partial charge in [-0.05, 0) is 81.0 Å². The smallest absolute Gasteiger partial charge is 0.152 e. The number of phenolic OH excluding ortho intramolecular Hbond substituents is 1. The highest BCUT2D eigenvalue weighted by molar-refractivity contribution is 5.75. The fourth-order valence-electron chi connectivity index (χ4n) is 5.53. The van der Waals surface area contributed by atoms with Crippen molar-refractivity contribution in [3.05, 3.63) is 34.9 Å². The Morgan fingerprint density at radius 1 is 1.14 bits per heavy atom. The zero-order chi connectivity index (χ0) is 20.2. The summed E-state index contributed by atoms with van der Waals surface area (Å²) < 4.78 is 5.59. The standard InChI is InChI=1S/C24H27N3O2/c1-4-14-5-10-18(19(28)11-14)22-20-15-6-8-16(9-7-15)21(20)23(27-26-22)25-17-12-24(2,13-17)29-3/h1,5,10-11,15-17,28H,6-9,12-13H2,2-3H3,(H,25,27). The van der Waals surface area contributed by atoms with Crippen LogP contribution in [0.25, 0.3) is 11.3 Å². The summed E-state index contributed by atoms with van der Waals surface area (Å²) in [5.41, 5.74) is 4.78. The predicted octanol–water partition coefficient (Wildman–Crippen LogP) is 4.56. The van der Waals surface area contributed by atoms with Gasteiger partial charge in [-0.25, -0.2) is 0 Å². The molecule has 5 nitrogen and oxygen atoms in total. The quantitative estimate of drug-likeness (QED) is 0.750. The van der Waals surface area contributed by atoms with Crippen molar-refractivity contribution in [2.75, 3.05) is 12.4 Å². The number of methoxy groups -OCH3 is 1. The van der Waals surface area contributed by atoms with Gasteiger partial charge in [0.05, 0.1) is 5.60 Å². The highest BCUT2D eigenvalue weighted by Gasteiger charge is 2.43.